The van der Waals surface area contributed by atoms with Gasteiger partial charge in [-0.3, -0.25) is 0 Å². The predicted molar refractivity (Wildman–Crippen MR) is 77.8 cm³/mol. The molecular formula is C17H21N. The van der Waals surface area contributed by atoms with Crippen LogP contribution in [0.3, 0.4) is 0 Å². The van der Waals surface area contributed by atoms with Crippen molar-refractivity contribution < 1.29 is 0 Å². The molecule has 0 radical (unpaired) electrons. The third-order valence-electron chi connectivity index (χ3n) is 3.75. The van der Waals surface area contributed by atoms with Crippen LogP contribution in [0.1, 0.15) is 40.8 Å². The molecule has 1 atom stereocenters. The lowest BCUT2D eigenvalue weighted by Crippen LogP contribution is -2.15. The van der Waals surface area contributed by atoms with Gasteiger partial charge in [-0.15, -0.1) is 0 Å². The first-order valence-electron chi connectivity index (χ1n) is 6.54. The maximum absolute atomic E-state index is 6.46. The van der Waals surface area contributed by atoms with Gasteiger partial charge in [-0.1, -0.05) is 49.4 Å². The lowest BCUT2D eigenvalue weighted by atomic mass is 9.90. The zero-order valence-corrected chi connectivity index (χ0v) is 11.4. The first-order chi connectivity index (χ1) is 8.65. The molecule has 0 saturated carbocycles. The monoisotopic (exact) mass is 239 g/mol. The van der Waals surface area contributed by atoms with Crippen molar-refractivity contribution in [3.05, 3.63) is 70.3 Å². The number of hydrogen-bond donors (Lipinski definition) is 1. The van der Waals surface area contributed by atoms with Crippen LogP contribution in [-0.2, 0) is 6.42 Å². The number of benzene rings is 2. The van der Waals surface area contributed by atoms with Crippen molar-refractivity contribution >= 4 is 0 Å². The molecule has 18 heavy (non-hydrogen) atoms. The zero-order valence-electron chi connectivity index (χ0n) is 11.4. The summed E-state index contributed by atoms with van der Waals surface area (Å²) in [6, 6.07) is 14.8. The van der Waals surface area contributed by atoms with Gasteiger partial charge in [0, 0.05) is 0 Å². The molecule has 0 heterocycles. The number of hydrogen-bond acceptors (Lipinski definition) is 1. The van der Waals surface area contributed by atoms with Crippen molar-refractivity contribution in [1.29, 1.82) is 0 Å². The number of rotatable bonds is 3. The second kappa shape index (κ2) is 5.36. The molecule has 94 valence electrons. The van der Waals surface area contributed by atoms with Gasteiger partial charge in [0.1, 0.15) is 0 Å². The lowest BCUT2D eigenvalue weighted by molar-refractivity contribution is 0.839. The molecule has 2 N–H and O–H groups in total. The van der Waals surface area contributed by atoms with Gasteiger partial charge in [0.2, 0.25) is 0 Å². The van der Waals surface area contributed by atoms with Crippen LogP contribution in [0.2, 0.25) is 0 Å². The summed E-state index contributed by atoms with van der Waals surface area (Å²) in [6.45, 7) is 6.46. The third kappa shape index (κ3) is 2.32. The normalized spacial score (nSPS) is 12.4. The second-order valence-corrected chi connectivity index (χ2v) is 4.82. The molecule has 1 nitrogen and oxygen atoms in total. The van der Waals surface area contributed by atoms with Gasteiger partial charge in [-0.2, -0.15) is 0 Å². The Hall–Kier alpha value is -1.60. The Morgan fingerprint density at radius 1 is 0.944 bits per heavy atom. The number of nitrogens with two attached hydrogens (primary N) is 1. The van der Waals surface area contributed by atoms with Crippen molar-refractivity contribution in [3.63, 3.8) is 0 Å². The van der Waals surface area contributed by atoms with Crippen molar-refractivity contribution in [2.75, 3.05) is 0 Å². The highest BCUT2D eigenvalue weighted by atomic mass is 14.6. The number of aryl methyl sites for hydroxylation is 2. The van der Waals surface area contributed by atoms with E-state index in [-0.39, 0.29) is 6.04 Å². The minimum Gasteiger partial charge on any atom is -0.320 e. The molecule has 0 aliphatic rings. The molecule has 0 amide bonds. The Kier molecular flexibility index (Phi) is 3.83. The van der Waals surface area contributed by atoms with E-state index in [4.69, 9.17) is 5.73 Å². The van der Waals surface area contributed by atoms with Gasteiger partial charge in [0.25, 0.3) is 0 Å². The van der Waals surface area contributed by atoms with Crippen LogP contribution in [0, 0.1) is 13.8 Å². The van der Waals surface area contributed by atoms with Gasteiger partial charge in [0.05, 0.1) is 6.04 Å². The predicted octanol–water partition coefficient (Wildman–Crippen LogP) is 3.91. The molecule has 1 unspecified atom stereocenters. The summed E-state index contributed by atoms with van der Waals surface area (Å²) in [6.07, 6.45) is 1.02. The molecule has 0 aliphatic heterocycles. The average molecular weight is 239 g/mol. The molecule has 2 aromatic carbocycles. The highest BCUT2D eigenvalue weighted by molar-refractivity contribution is 5.42. The van der Waals surface area contributed by atoms with E-state index in [1.54, 1.807) is 0 Å². The van der Waals surface area contributed by atoms with Gasteiger partial charge >= 0.3 is 0 Å². The first-order valence-corrected chi connectivity index (χ1v) is 6.54. The minimum atomic E-state index is -0.0268. The van der Waals surface area contributed by atoms with Crippen LogP contribution in [0.15, 0.2) is 42.5 Å². The summed E-state index contributed by atoms with van der Waals surface area (Å²) in [5, 5.41) is 0. The maximum atomic E-state index is 6.46. The fraction of sp³-hybridized carbons (Fsp3) is 0.294. The Morgan fingerprint density at radius 3 is 2.33 bits per heavy atom. The van der Waals surface area contributed by atoms with E-state index in [1.165, 1.54) is 27.8 Å². The molecule has 0 bridgehead atoms. The Balaban J connectivity index is 2.48. The van der Waals surface area contributed by atoms with Crippen molar-refractivity contribution in [1.82, 2.24) is 0 Å². The summed E-state index contributed by atoms with van der Waals surface area (Å²) in [5.74, 6) is 0. The van der Waals surface area contributed by atoms with E-state index >= 15 is 0 Å². The minimum absolute atomic E-state index is 0.0268. The molecule has 2 rings (SSSR count). The fourth-order valence-electron chi connectivity index (χ4n) is 2.44. The van der Waals surface area contributed by atoms with Crippen molar-refractivity contribution in [2.45, 2.75) is 33.2 Å². The standard InChI is InChI=1S/C17H21N/c1-4-14-9-5-6-10-16(14)17(18)15-11-7-8-12(2)13(15)3/h5-11,17H,4,18H2,1-3H3. The summed E-state index contributed by atoms with van der Waals surface area (Å²) >= 11 is 0. The second-order valence-electron chi connectivity index (χ2n) is 4.82. The quantitative estimate of drug-likeness (QED) is 0.863. The van der Waals surface area contributed by atoms with Crippen LogP contribution in [-0.4, -0.2) is 0 Å². The van der Waals surface area contributed by atoms with Crippen LogP contribution in [0.25, 0.3) is 0 Å². The largest absolute Gasteiger partial charge is 0.320 e. The summed E-state index contributed by atoms with van der Waals surface area (Å²) in [4.78, 5) is 0. The van der Waals surface area contributed by atoms with E-state index in [2.05, 4.69) is 63.2 Å². The molecule has 1 heteroatoms. The third-order valence-corrected chi connectivity index (χ3v) is 3.75. The first kappa shape index (κ1) is 12.8. The molecule has 0 aromatic heterocycles. The Labute approximate surface area is 110 Å². The summed E-state index contributed by atoms with van der Waals surface area (Å²) in [5.41, 5.74) is 12.9. The summed E-state index contributed by atoms with van der Waals surface area (Å²) in [7, 11) is 0. The van der Waals surface area contributed by atoms with E-state index in [9.17, 15) is 0 Å². The summed E-state index contributed by atoms with van der Waals surface area (Å²) < 4.78 is 0. The molecule has 2 aromatic rings. The lowest BCUT2D eigenvalue weighted by Gasteiger charge is -2.19. The van der Waals surface area contributed by atoms with Gasteiger partial charge in [0.15, 0.2) is 0 Å². The molecular weight excluding hydrogens is 218 g/mol. The van der Waals surface area contributed by atoms with E-state index < -0.39 is 0 Å². The Morgan fingerprint density at radius 2 is 1.61 bits per heavy atom. The molecule has 0 saturated heterocycles. The Bertz CT molecular complexity index is 543. The van der Waals surface area contributed by atoms with Crippen LogP contribution in [0.4, 0.5) is 0 Å². The van der Waals surface area contributed by atoms with Crippen LogP contribution >= 0.6 is 0 Å². The topological polar surface area (TPSA) is 26.0 Å². The maximum Gasteiger partial charge on any atom is 0.0557 e. The van der Waals surface area contributed by atoms with Gasteiger partial charge < -0.3 is 5.73 Å². The highest BCUT2D eigenvalue weighted by Gasteiger charge is 2.14. The van der Waals surface area contributed by atoms with Crippen LogP contribution < -0.4 is 5.73 Å². The zero-order chi connectivity index (χ0) is 13.1. The SMILES string of the molecule is CCc1ccccc1C(N)c1cccc(C)c1C. The van der Waals surface area contributed by atoms with E-state index in [0.717, 1.165) is 6.42 Å². The highest BCUT2D eigenvalue weighted by Crippen LogP contribution is 2.26. The van der Waals surface area contributed by atoms with Gasteiger partial charge in [-0.25, -0.2) is 0 Å². The van der Waals surface area contributed by atoms with E-state index in [0.29, 0.717) is 0 Å². The average Bonchev–Trinajstić information content (AvgIpc) is 2.41. The molecule has 0 spiro atoms. The van der Waals surface area contributed by atoms with Gasteiger partial charge in [-0.05, 0) is 48.1 Å². The van der Waals surface area contributed by atoms with Crippen molar-refractivity contribution in [3.8, 4) is 0 Å². The fourth-order valence-corrected chi connectivity index (χ4v) is 2.44. The smallest absolute Gasteiger partial charge is 0.0557 e. The van der Waals surface area contributed by atoms with Crippen molar-refractivity contribution in [2.24, 2.45) is 5.73 Å². The van der Waals surface area contributed by atoms with E-state index in [1.807, 2.05) is 0 Å². The molecule has 0 fully saturated rings. The molecule has 0 aliphatic carbocycles. The van der Waals surface area contributed by atoms with Crippen LogP contribution in [0.5, 0.6) is 0 Å².